The fourth-order valence-corrected chi connectivity index (χ4v) is 8.90. The largest absolute Gasteiger partial charge is 0.472 e. The van der Waals surface area contributed by atoms with E-state index in [0.29, 0.717) is 12.0 Å². The number of hydrogen-bond donors (Lipinski definition) is 0. The Morgan fingerprint density at radius 3 is 2.00 bits per heavy atom. The summed E-state index contributed by atoms with van der Waals surface area (Å²) in [6.45, 7) is 17.4. The summed E-state index contributed by atoms with van der Waals surface area (Å²) in [7, 11) is 1.28. The van der Waals surface area contributed by atoms with E-state index in [4.69, 9.17) is 28.1 Å². The number of hydrogen-bond acceptors (Lipinski definition) is 11. The van der Waals surface area contributed by atoms with E-state index in [1.165, 1.54) is 34.8 Å². The van der Waals surface area contributed by atoms with Gasteiger partial charge in [-0.15, -0.1) is 0 Å². The Hall–Kier alpha value is -3.89. The lowest BCUT2D eigenvalue weighted by molar-refractivity contribution is -0.233. The van der Waals surface area contributed by atoms with E-state index in [1.807, 2.05) is 33.8 Å². The number of fused-ring (bicyclic) bond motifs is 1. The van der Waals surface area contributed by atoms with Crippen LogP contribution in [-0.2, 0) is 47.7 Å². The average molecular weight is 643 g/mol. The van der Waals surface area contributed by atoms with E-state index in [9.17, 15) is 24.0 Å². The molecule has 4 rings (SSSR count). The van der Waals surface area contributed by atoms with Crippen LogP contribution in [0.4, 0.5) is 0 Å². The first-order valence-electron chi connectivity index (χ1n) is 15.6. The number of furan rings is 1. The summed E-state index contributed by atoms with van der Waals surface area (Å²) in [5.41, 5.74) is -0.649. The van der Waals surface area contributed by atoms with Crippen molar-refractivity contribution in [3.05, 3.63) is 48.0 Å². The van der Waals surface area contributed by atoms with E-state index in [1.54, 1.807) is 12.5 Å². The molecule has 3 aliphatic rings. The highest BCUT2D eigenvalue weighted by Crippen LogP contribution is 2.67. The summed E-state index contributed by atoms with van der Waals surface area (Å²) in [5, 5.41) is 0. The zero-order valence-electron chi connectivity index (χ0n) is 28.2. The molecule has 11 heteroatoms. The lowest BCUT2D eigenvalue weighted by atomic mass is 9.44. The van der Waals surface area contributed by atoms with Crippen molar-refractivity contribution in [2.75, 3.05) is 7.11 Å². The van der Waals surface area contributed by atoms with Gasteiger partial charge >= 0.3 is 29.8 Å². The van der Waals surface area contributed by atoms with Gasteiger partial charge in [0.1, 0.15) is 24.4 Å². The molecule has 0 aromatic carbocycles. The Labute approximate surface area is 270 Å². The molecule has 2 saturated carbocycles. The van der Waals surface area contributed by atoms with Crippen LogP contribution in [-0.4, -0.2) is 61.4 Å². The Morgan fingerprint density at radius 1 is 0.891 bits per heavy atom. The third kappa shape index (κ3) is 5.88. The maximum absolute atomic E-state index is 13.1. The first-order chi connectivity index (χ1) is 21.4. The highest BCUT2D eigenvalue weighted by molar-refractivity contribution is 5.71. The van der Waals surface area contributed by atoms with Crippen molar-refractivity contribution in [3.8, 4) is 0 Å². The highest BCUT2D eigenvalue weighted by atomic mass is 16.6. The Kier molecular flexibility index (Phi) is 9.67. The summed E-state index contributed by atoms with van der Waals surface area (Å²) in [6, 6.07) is 1.86. The summed E-state index contributed by atoms with van der Waals surface area (Å²) < 4.78 is 34.7. The molecule has 46 heavy (non-hydrogen) atoms. The van der Waals surface area contributed by atoms with Crippen LogP contribution in [0.1, 0.15) is 86.1 Å². The van der Waals surface area contributed by atoms with Crippen LogP contribution >= 0.6 is 0 Å². The maximum atomic E-state index is 13.1. The molecule has 1 aromatic rings. The predicted molar refractivity (Wildman–Crippen MR) is 164 cm³/mol. The number of ether oxygens (including phenoxy) is 5. The summed E-state index contributed by atoms with van der Waals surface area (Å²) in [5.74, 6) is -4.52. The number of allylic oxidation sites excluding steroid dienone is 1. The Bertz CT molecular complexity index is 1420. The molecule has 1 aromatic heterocycles. The third-order valence-corrected chi connectivity index (χ3v) is 10.8. The third-order valence-electron chi connectivity index (χ3n) is 10.8. The Balaban J connectivity index is 2.02. The van der Waals surface area contributed by atoms with Crippen molar-refractivity contribution in [1.82, 2.24) is 0 Å². The average Bonchev–Trinajstić information content (AvgIpc) is 3.59. The zero-order chi connectivity index (χ0) is 34.4. The van der Waals surface area contributed by atoms with Crippen molar-refractivity contribution < 1.29 is 52.1 Å². The lowest BCUT2D eigenvalue weighted by Gasteiger charge is -2.63. The topological polar surface area (TPSA) is 145 Å². The van der Waals surface area contributed by atoms with E-state index >= 15 is 0 Å². The minimum atomic E-state index is -1.19. The molecule has 0 bridgehead atoms. The molecule has 2 fully saturated rings. The van der Waals surface area contributed by atoms with Gasteiger partial charge in [0.25, 0.3) is 0 Å². The monoisotopic (exact) mass is 642 g/mol. The van der Waals surface area contributed by atoms with Crippen LogP contribution < -0.4 is 0 Å². The fraction of sp³-hybridized carbons (Fsp3) is 0.629. The molecule has 11 nitrogen and oxygen atoms in total. The quantitative estimate of drug-likeness (QED) is 0.272. The zero-order valence-corrected chi connectivity index (χ0v) is 28.2. The van der Waals surface area contributed by atoms with Crippen LogP contribution in [0, 0.1) is 28.1 Å². The van der Waals surface area contributed by atoms with E-state index in [2.05, 4.69) is 12.7 Å². The number of methoxy groups -OCH3 is 1. The lowest BCUT2D eigenvalue weighted by Crippen LogP contribution is -2.67. The molecule has 0 aliphatic heterocycles. The molecular weight excluding hydrogens is 596 g/mol. The first-order valence-corrected chi connectivity index (χ1v) is 15.6. The van der Waals surface area contributed by atoms with Gasteiger partial charge in [0.2, 0.25) is 0 Å². The summed E-state index contributed by atoms with van der Waals surface area (Å²) in [4.78, 5) is 63.8. The molecule has 0 unspecified atom stereocenters. The Morgan fingerprint density at radius 2 is 1.48 bits per heavy atom. The number of carbonyl (C=O) groups excluding carboxylic acids is 5. The van der Waals surface area contributed by atoms with Crippen LogP contribution in [0.2, 0.25) is 0 Å². The second-order valence-electron chi connectivity index (χ2n) is 13.8. The van der Waals surface area contributed by atoms with Crippen LogP contribution in [0.3, 0.4) is 0 Å². The molecular formula is C35H46O11. The van der Waals surface area contributed by atoms with Crippen LogP contribution in [0.15, 0.2) is 46.8 Å². The van der Waals surface area contributed by atoms with Gasteiger partial charge in [-0.2, -0.15) is 0 Å². The van der Waals surface area contributed by atoms with Gasteiger partial charge in [0.15, 0.2) is 0 Å². The molecule has 1 heterocycles. The molecule has 252 valence electrons. The van der Waals surface area contributed by atoms with Crippen molar-refractivity contribution in [3.63, 3.8) is 0 Å². The van der Waals surface area contributed by atoms with E-state index in [-0.39, 0.29) is 18.8 Å². The smallest absolute Gasteiger partial charge is 0.305 e. The summed E-state index contributed by atoms with van der Waals surface area (Å²) in [6.07, 6.45) is 2.02. The molecule has 3 aliphatic carbocycles. The molecule has 0 saturated heterocycles. The van der Waals surface area contributed by atoms with E-state index in [0.717, 1.165) is 11.1 Å². The minimum Gasteiger partial charge on any atom is -0.472 e. The summed E-state index contributed by atoms with van der Waals surface area (Å²) >= 11 is 0. The standard InChI is InChI=1S/C35H46O11/c1-18-24-11-12-25(23-13-14-42-17-23)34(24,8)32(46-22(5)39)31(45-21(4)38)30(18)35(9)26(15-29(40)41-10)33(6,7)27(43-19(2)36)16-28(35)44-20(3)37/h11,13-14,17,25-28,30-32H,1,12,15-16H2,2-10H3/t25-,26-,27+,28-,30+,31+,32-,34+,35+/m0/s1. The number of carbonyl (C=O) groups is 5. The second kappa shape index (κ2) is 12.7. The van der Waals surface area contributed by atoms with E-state index < -0.39 is 82.3 Å². The predicted octanol–water partition coefficient (Wildman–Crippen LogP) is 5.23. The second-order valence-corrected chi connectivity index (χ2v) is 13.8. The van der Waals surface area contributed by atoms with Gasteiger partial charge in [-0.25, -0.2) is 0 Å². The van der Waals surface area contributed by atoms with Crippen molar-refractivity contribution in [2.24, 2.45) is 28.1 Å². The van der Waals surface area contributed by atoms with Gasteiger partial charge in [-0.3, -0.25) is 24.0 Å². The maximum Gasteiger partial charge on any atom is 0.305 e. The van der Waals surface area contributed by atoms with Gasteiger partial charge in [-0.05, 0) is 35.1 Å². The highest BCUT2D eigenvalue weighted by Gasteiger charge is 2.69. The first kappa shape index (κ1) is 35.0. The van der Waals surface area contributed by atoms with Crippen LogP contribution in [0.25, 0.3) is 0 Å². The normalized spacial score (nSPS) is 34.8. The molecule has 0 amide bonds. The van der Waals surface area contributed by atoms with Gasteiger partial charge in [-0.1, -0.05) is 40.3 Å². The SMILES string of the molecule is C=C1C2=CC[C@@H](c3ccoc3)[C@]2(C)[C@@H](OC(C)=O)[C@H](OC(C)=O)[C@@H]1[C@@]1(C)[C@@H](OC(C)=O)C[C@@H](OC(C)=O)C(C)(C)[C@@H]1CC(=O)OC. The molecule has 0 spiro atoms. The minimum absolute atomic E-state index is 0.100. The molecule has 0 radical (unpaired) electrons. The molecule has 0 N–H and O–H groups in total. The van der Waals surface area contributed by atoms with Crippen molar-refractivity contribution in [1.29, 1.82) is 0 Å². The number of esters is 5. The fourth-order valence-electron chi connectivity index (χ4n) is 8.90. The van der Waals surface area contributed by atoms with Crippen molar-refractivity contribution in [2.45, 2.75) is 105 Å². The van der Waals surface area contributed by atoms with Gasteiger partial charge < -0.3 is 28.1 Å². The van der Waals surface area contributed by atoms with Crippen LogP contribution in [0.5, 0.6) is 0 Å². The van der Waals surface area contributed by atoms with Gasteiger partial charge in [0.05, 0.1) is 19.6 Å². The molecule has 9 atom stereocenters. The van der Waals surface area contributed by atoms with Gasteiger partial charge in [0, 0.05) is 68.6 Å². The van der Waals surface area contributed by atoms with Crippen molar-refractivity contribution >= 4 is 29.8 Å². The number of rotatable bonds is 8.